The number of fused-ring (bicyclic) bond motifs is 1. The fourth-order valence-corrected chi connectivity index (χ4v) is 5.27. The van der Waals surface area contributed by atoms with Crippen LogP contribution in [0, 0.1) is 0 Å². The third-order valence-corrected chi connectivity index (χ3v) is 6.29. The van der Waals surface area contributed by atoms with Gasteiger partial charge in [0, 0.05) is 7.05 Å². The maximum atomic E-state index is 2.29. The van der Waals surface area contributed by atoms with E-state index < -0.39 is 0 Å². The lowest BCUT2D eigenvalue weighted by atomic mass is 10.2. The molecule has 0 fully saturated rings. The lowest BCUT2D eigenvalue weighted by molar-refractivity contribution is 0.956. The largest absolute Gasteiger partial charge is 0.346 e. The molecule has 0 aliphatic rings. The zero-order valence-corrected chi connectivity index (χ0v) is 13.8. The van der Waals surface area contributed by atoms with Crippen LogP contribution in [-0.4, -0.2) is 4.57 Å². The molecule has 4 rings (SSSR count). The Balaban J connectivity index is 1.98. The van der Waals surface area contributed by atoms with E-state index in [-0.39, 0.29) is 10.9 Å². The highest BCUT2D eigenvalue weighted by atomic mass is 32.2. The van der Waals surface area contributed by atoms with Gasteiger partial charge < -0.3 is 4.57 Å². The predicted molar refractivity (Wildman–Crippen MR) is 98.0 cm³/mol. The molecular weight excluding hydrogens is 298 g/mol. The van der Waals surface area contributed by atoms with Gasteiger partial charge in [0.15, 0.2) is 14.7 Å². The molecule has 0 spiro atoms. The highest BCUT2D eigenvalue weighted by Crippen LogP contribution is 2.36. The first-order chi connectivity index (χ1) is 11.3. The van der Waals surface area contributed by atoms with Gasteiger partial charge in [-0.1, -0.05) is 48.5 Å². The molecule has 4 aromatic rings. The summed E-state index contributed by atoms with van der Waals surface area (Å²) in [4.78, 5) is 4.10. The summed E-state index contributed by atoms with van der Waals surface area (Å²) in [6.45, 7) is 0. The van der Waals surface area contributed by atoms with Crippen LogP contribution in [0.2, 0.25) is 0 Å². The molecule has 0 bridgehead atoms. The van der Waals surface area contributed by atoms with Crippen LogP contribution in [0.15, 0.2) is 106 Å². The van der Waals surface area contributed by atoms with Crippen molar-refractivity contribution in [1.29, 1.82) is 0 Å². The second-order valence-electron chi connectivity index (χ2n) is 5.55. The van der Waals surface area contributed by atoms with E-state index in [1.165, 1.54) is 25.6 Å². The van der Waals surface area contributed by atoms with E-state index in [4.69, 9.17) is 0 Å². The van der Waals surface area contributed by atoms with Gasteiger partial charge in [0.1, 0.15) is 10.9 Å². The quantitative estimate of drug-likeness (QED) is 0.454. The van der Waals surface area contributed by atoms with Gasteiger partial charge >= 0.3 is 0 Å². The third kappa shape index (κ3) is 2.55. The topological polar surface area (TPSA) is 4.93 Å². The summed E-state index contributed by atoms with van der Waals surface area (Å²) in [7, 11) is 2.04. The molecule has 2 heteroatoms. The van der Waals surface area contributed by atoms with Crippen LogP contribution in [0.4, 0.5) is 0 Å². The van der Waals surface area contributed by atoms with Crippen molar-refractivity contribution < 1.29 is 0 Å². The van der Waals surface area contributed by atoms with E-state index in [9.17, 15) is 0 Å². The van der Waals surface area contributed by atoms with Crippen molar-refractivity contribution in [3.05, 3.63) is 91.1 Å². The van der Waals surface area contributed by atoms with E-state index in [1.54, 1.807) is 0 Å². The normalized spacial score (nSPS) is 11.2. The number of nitrogens with zero attached hydrogens (tertiary/aromatic N) is 1. The molecule has 0 N–H and O–H groups in total. The second kappa shape index (κ2) is 5.98. The predicted octanol–water partition coefficient (Wildman–Crippen LogP) is 5.27. The minimum absolute atomic E-state index is 0.0892. The summed E-state index contributed by atoms with van der Waals surface area (Å²) in [6.07, 6.45) is 2.29. The molecule has 1 aromatic heterocycles. The Labute approximate surface area is 139 Å². The molecule has 0 saturated carbocycles. The van der Waals surface area contributed by atoms with Crippen molar-refractivity contribution in [3.63, 3.8) is 0 Å². The molecule has 0 aliphatic carbocycles. The molecule has 0 unspecified atom stereocenters. The number of hydrogen-bond donors (Lipinski definition) is 0. The first-order valence-electron chi connectivity index (χ1n) is 7.73. The van der Waals surface area contributed by atoms with Gasteiger partial charge in [-0.25, -0.2) is 0 Å². The number of aromatic nitrogens is 1. The molecule has 112 valence electrons. The SMILES string of the molecule is Cn1cc([S+](c2ccccc2)c2ccccc2)c2ccccc21. The van der Waals surface area contributed by atoms with E-state index in [2.05, 4.69) is 103 Å². The van der Waals surface area contributed by atoms with Crippen LogP contribution in [0.3, 0.4) is 0 Å². The molecule has 23 heavy (non-hydrogen) atoms. The van der Waals surface area contributed by atoms with Crippen molar-refractivity contribution in [1.82, 2.24) is 4.57 Å². The highest BCUT2D eigenvalue weighted by molar-refractivity contribution is 7.97. The number of hydrogen-bond acceptors (Lipinski definition) is 0. The monoisotopic (exact) mass is 316 g/mol. The van der Waals surface area contributed by atoms with Crippen LogP contribution >= 0.6 is 0 Å². The maximum Gasteiger partial charge on any atom is 0.191 e. The van der Waals surface area contributed by atoms with Gasteiger partial charge in [-0.15, -0.1) is 0 Å². The summed E-state index contributed by atoms with van der Waals surface area (Å²) >= 11 is 0. The van der Waals surface area contributed by atoms with Crippen LogP contribution in [0.5, 0.6) is 0 Å². The summed E-state index contributed by atoms with van der Waals surface area (Å²) in [5.41, 5.74) is 1.28. The first-order valence-corrected chi connectivity index (χ1v) is 8.95. The fraction of sp³-hybridized carbons (Fsp3) is 0.0476. The van der Waals surface area contributed by atoms with Gasteiger partial charge in [0.2, 0.25) is 0 Å². The standard InChI is InChI=1S/C21H18NS/c1-22-16-21(19-14-8-9-15-20(19)22)23(17-10-4-2-5-11-17)18-12-6-3-7-13-18/h2-16H,1H3/q+1. The molecule has 0 radical (unpaired) electrons. The first kappa shape index (κ1) is 14.2. The molecule has 3 aromatic carbocycles. The summed E-state index contributed by atoms with van der Waals surface area (Å²) in [5, 5.41) is 1.34. The van der Waals surface area contributed by atoms with Crippen LogP contribution < -0.4 is 0 Å². The zero-order chi connectivity index (χ0) is 15.6. The minimum Gasteiger partial charge on any atom is -0.346 e. The lowest BCUT2D eigenvalue weighted by Crippen LogP contribution is -2.04. The minimum atomic E-state index is -0.0892. The van der Waals surface area contributed by atoms with Crippen molar-refractivity contribution in [3.8, 4) is 0 Å². The van der Waals surface area contributed by atoms with Gasteiger partial charge in [0.25, 0.3) is 0 Å². The molecule has 0 aliphatic heterocycles. The third-order valence-electron chi connectivity index (χ3n) is 4.04. The second-order valence-corrected chi connectivity index (χ2v) is 7.55. The zero-order valence-electron chi connectivity index (χ0n) is 13.0. The molecular formula is C21H18NS+. The molecule has 0 amide bonds. The Morgan fingerprint density at radius 3 is 1.78 bits per heavy atom. The van der Waals surface area contributed by atoms with Crippen LogP contribution in [0.1, 0.15) is 0 Å². The number of rotatable bonds is 3. The van der Waals surface area contributed by atoms with Crippen molar-refractivity contribution >= 4 is 21.8 Å². The van der Waals surface area contributed by atoms with Gasteiger partial charge in [-0.3, -0.25) is 0 Å². The summed E-state index contributed by atoms with van der Waals surface area (Å²) < 4.78 is 2.23. The van der Waals surface area contributed by atoms with Crippen LogP contribution in [-0.2, 0) is 17.9 Å². The summed E-state index contributed by atoms with van der Waals surface area (Å²) in [5.74, 6) is 0. The van der Waals surface area contributed by atoms with Crippen LogP contribution in [0.25, 0.3) is 10.9 Å². The number of benzene rings is 3. The summed E-state index contributed by atoms with van der Waals surface area (Å²) in [6, 6.07) is 30.3. The Kier molecular flexibility index (Phi) is 3.68. The Morgan fingerprint density at radius 2 is 1.17 bits per heavy atom. The van der Waals surface area contributed by atoms with Gasteiger partial charge in [-0.05, 0) is 36.4 Å². The Bertz CT molecular complexity index is 886. The molecule has 1 nitrogen and oxygen atoms in total. The Hall–Kier alpha value is -2.45. The van der Waals surface area contributed by atoms with Crippen molar-refractivity contribution in [2.75, 3.05) is 0 Å². The Morgan fingerprint density at radius 1 is 0.652 bits per heavy atom. The maximum absolute atomic E-state index is 2.29. The van der Waals surface area contributed by atoms with Crippen molar-refractivity contribution in [2.45, 2.75) is 14.7 Å². The smallest absolute Gasteiger partial charge is 0.191 e. The van der Waals surface area contributed by atoms with E-state index in [0.29, 0.717) is 0 Å². The average Bonchev–Trinajstić information content (AvgIpc) is 2.94. The molecule has 0 atom stereocenters. The average molecular weight is 316 g/mol. The van der Waals surface area contributed by atoms with Crippen molar-refractivity contribution in [2.24, 2.45) is 7.05 Å². The lowest BCUT2D eigenvalue weighted by Gasteiger charge is -2.06. The van der Waals surface area contributed by atoms with E-state index in [1.807, 2.05) is 0 Å². The fourth-order valence-electron chi connectivity index (χ4n) is 2.97. The number of aryl methyl sites for hydroxylation is 1. The molecule has 0 saturated heterocycles. The number of para-hydroxylation sites is 1. The highest BCUT2D eigenvalue weighted by Gasteiger charge is 2.31. The van der Waals surface area contributed by atoms with E-state index in [0.717, 1.165) is 0 Å². The van der Waals surface area contributed by atoms with Gasteiger partial charge in [0.05, 0.1) is 17.1 Å². The molecule has 1 heterocycles. The van der Waals surface area contributed by atoms with E-state index >= 15 is 0 Å². The van der Waals surface area contributed by atoms with Gasteiger partial charge in [-0.2, -0.15) is 0 Å².